The molecule has 0 heterocycles. The lowest BCUT2D eigenvalue weighted by Gasteiger charge is -2.11. The Kier molecular flexibility index (Phi) is 6.43. The summed E-state index contributed by atoms with van der Waals surface area (Å²) in [5.74, 6) is -0.626. The minimum absolute atomic E-state index is 0.0470. The number of alkyl halides is 1. The van der Waals surface area contributed by atoms with Crippen LogP contribution in [-0.4, -0.2) is 32.2 Å². The molecule has 1 aromatic rings. The molecule has 0 saturated heterocycles. The van der Waals surface area contributed by atoms with E-state index in [-0.39, 0.29) is 20.9 Å². The monoisotopic (exact) mass is 434 g/mol. The van der Waals surface area contributed by atoms with Crippen molar-refractivity contribution in [3.8, 4) is 0 Å². The second-order valence-corrected chi connectivity index (χ2v) is 7.60. The third-order valence-electron chi connectivity index (χ3n) is 2.93. The average molecular weight is 436 g/mol. The van der Waals surface area contributed by atoms with Crippen molar-refractivity contribution in [2.75, 3.05) is 12.4 Å². The average Bonchev–Trinajstić information content (AvgIpc) is 2.56. The second kappa shape index (κ2) is 8.14. The maximum atomic E-state index is 13.5. The lowest BCUT2D eigenvalue weighted by molar-refractivity contribution is 0.164. The smallest absolute Gasteiger partial charge is 0.262 e. The molecule has 9 heteroatoms. The highest BCUT2D eigenvalue weighted by Crippen LogP contribution is 2.20. The Morgan fingerprint density at radius 2 is 2.08 bits per heavy atom. The lowest BCUT2D eigenvalue weighted by atomic mass is 10.2. The lowest BCUT2D eigenvalue weighted by Crippen LogP contribution is -2.31. The van der Waals surface area contributed by atoms with Gasteiger partial charge in [0.05, 0.1) is 20.9 Å². The quantitative estimate of drug-likeness (QED) is 0.348. The summed E-state index contributed by atoms with van der Waals surface area (Å²) in [7, 11) is -3.93. The number of allylic oxidation sites excluding steroid dienone is 1. The van der Waals surface area contributed by atoms with E-state index in [1.54, 1.807) is 6.08 Å². The van der Waals surface area contributed by atoms with Gasteiger partial charge >= 0.3 is 0 Å². The molecule has 1 unspecified atom stereocenters. The van der Waals surface area contributed by atoms with Gasteiger partial charge in [0.25, 0.3) is 10.0 Å². The maximum Gasteiger partial charge on any atom is 0.262 e. The molecule has 0 aromatic heterocycles. The van der Waals surface area contributed by atoms with E-state index in [2.05, 4.69) is 37.4 Å². The number of halogens is 3. The summed E-state index contributed by atoms with van der Waals surface area (Å²) < 4.78 is 40.4. The van der Waals surface area contributed by atoms with Crippen LogP contribution in [0.5, 0.6) is 0 Å². The van der Waals surface area contributed by atoms with E-state index < -0.39 is 22.1 Å². The molecule has 24 heavy (non-hydrogen) atoms. The van der Waals surface area contributed by atoms with Crippen LogP contribution in [0, 0.1) is 5.82 Å². The molecular weight excluding hydrogens is 423 g/mol. The van der Waals surface area contributed by atoms with E-state index in [9.17, 15) is 17.9 Å². The third-order valence-corrected chi connectivity index (χ3v) is 5.23. The molecular formula is C15H13BrClFN2O3S. The first-order chi connectivity index (χ1) is 11.3. The van der Waals surface area contributed by atoms with Crippen molar-refractivity contribution in [2.24, 2.45) is 0 Å². The van der Waals surface area contributed by atoms with E-state index in [4.69, 9.17) is 11.6 Å². The van der Waals surface area contributed by atoms with Gasteiger partial charge in [-0.3, -0.25) is 10.0 Å². The predicted octanol–water partition coefficient (Wildman–Crippen LogP) is 2.15. The molecule has 128 valence electrons. The van der Waals surface area contributed by atoms with Gasteiger partial charge in [0.2, 0.25) is 0 Å². The zero-order valence-corrected chi connectivity index (χ0v) is 15.3. The van der Waals surface area contributed by atoms with Crippen molar-refractivity contribution in [1.82, 2.24) is 10.0 Å². The van der Waals surface area contributed by atoms with Crippen LogP contribution in [0.25, 0.3) is 0 Å². The summed E-state index contributed by atoms with van der Waals surface area (Å²) in [6.45, 7) is 0.301. The van der Waals surface area contributed by atoms with Crippen LogP contribution in [0.15, 0.2) is 62.5 Å². The van der Waals surface area contributed by atoms with Crippen LogP contribution in [0.3, 0.4) is 0 Å². The van der Waals surface area contributed by atoms with Crippen LogP contribution in [-0.2, 0) is 10.0 Å². The molecule has 0 radical (unpaired) electrons. The molecule has 3 N–H and O–H groups in total. The zero-order chi connectivity index (χ0) is 17.7. The Balaban J connectivity index is 2.15. The van der Waals surface area contributed by atoms with Gasteiger partial charge < -0.3 is 5.11 Å². The maximum absolute atomic E-state index is 13.5. The number of aliphatic hydroxyl groups excluding tert-OH is 1. The number of rotatable bonds is 7. The summed E-state index contributed by atoms with van der Waals surface area (Å²) in [5, 5.41) is 12.0. The van der Waals surface area contributed by atoms with Crippen LogP contribution in [0.1, 0.15) is 0 Å². The van der Waals surface area contributed by atoms with E-state index in [0.717, 1.165) is 6.07 Å². The van der Waals surface area contributed by atoms with Crippen LogP contribution >= 0.6 is 27.5 Å². The molecule has 2 rings (SSSR count). The Hall–Kier alpha value is -1.37. The summed E-state index contributed by atoms with van der Waals surface area (Å²) >= 11 is 8.43. The van der Waals surface area contributed by atoms with Crippen molar-refractivity contribution in [3.63, 3.8) is 0 Å². The topological polar surface area (TPSA) is 78.4 Å². The highest BCUT2D eigenvalue weighted by molar-refractivity contribution is 9.10. The van der Waals surface area contributed by atoms with E-state index >= 15 is 0 Å². The van der Waals surface area contributed by atoms with Crippen LogP contribution < -0.4 is 10.0 Å². The molecule has 0 fully saturated rings. The Labute approximate surface area is 152 Å². The molecule has 5 nitrogen and oxygen atoms in total. The van der Waals surface area contributed by atoms with Crippen molar-refractivity contribution >= 4 is 37.6 Å². The van der Waals surface area contributed by atoms with E-state index in [0.29, 0.717) is 12.1 Å². The first-order valence-electron chi connectivity index (χ1n) is 6.70. The molecule has 1 aliphatic rings. The summed E-state index contributed by atoms with van der Waals surface area (Å²) in [6.07, 6.45) is 2.27. The third kappa shape index (κ3) is 5.06. The van der Waals surface area contributed by atoms with Gasteiger partial charge in [0, 0.05) is 12.1 Å². The highest BCUT2D eigenvalue weighted by atomic mass is 79.9. The van der Waals surface area contributed by atoms with E-state index in [1.807, 2.05) is 0 Å². The molecule has 0 aliphatic heterocycles. The second-order valence-electron chi connectivity index (χ2n) is 4.75. The normalized spacial score (nSPS) is 15.0. The first kappa shape index (κ1) is 19.0. The summed E-state index contributed by atoms with van der Waals surface area (Å²) in [5.41, 5.74) is 6.25. The molecule has 0 amide bonds. The van der Waals surface area contributed by atoms with Gasteiger partial charge in [-0.1, -0.05) is 5.73 Å². The van der Waals surface area contributed by atoms with Gasteiger partial charge in [-0.05, 0) is 52.0 Å². The van der Waals surface area contributed by atoms with Gasteiger partial charge in [0.1, 0.15) is 12.0 Å². The van der Waals surface area contributed by atoms with E-state index in [1.165, 1.54) is 18.2 Å². The van der Waals surface area contributed by atoms with Crippen LogP contribution in [0.4, 0.5) is 4.39 Å². The molecule has 1 aliphatic carbocycles. The fourth-order valence-electron chi connectivity index (χ4n) is 1.71. The summed E-state index contributed by atoms with van der Waals surface area (Å²) in [4.78, 5) is -0.201. The molecule has 0 saturated carbocycles. The molecule has 0 bridgehead atoms. The summed E-state index contributed by atoms with van der Waals surface area (Å²) in [6, 6.07) is 3.52. The first-order valence-corrected chi connectivity index (χ1v) is 9.51. The van der Waals surface area contributed by atoms with Gasteiger partial charge in [0.15, 0.2) is 0 Å². The van der Waals surface area contributed by atoms with Crippen molar-refractivity contribution in [1.29, 1.82) is 0 Å². The van der Waals surface area contributed by atoms with Crippen molar-refractivity contribution in [2.45, 2.75) is 11.1 Å². The molecule has 1 aromatic carbocycles. The number of nitrogens with one attached hydrogen (secondary N) is 2. The Bertz CT molecular complexity index is 873. The zero-order valence-electron chi connectivity index (χ0n) is 12.2. The Morgan fingerprint density at radius 1 is 1.33 bits per heavy atom. The standard InChI is InChI=1S/C15H13BrClFN2O3S/c16-13-6-5-12(7-14(13)18)24(22,23)20-11-3-1-10(2-4-11)9-19-15(21)8-17/h1,3,5-7,15,19-21H,8-9H2. The number of sulfonamides is 1. The number of hydrogen-bond donors (Lipinski definition) is 3. The molecule has 0 spiro atoms. The van der Waals surface area contributed by atoms with Crippen molar-refractivity contribution in [3.05, 3.63) is 63.4 Å². The predicted molar refractivity (Wildman–Crippen MR) is 92.3 cm³/mol. The van der Waals surface area contributed by atoms with Gasteiger partial charge in [-0.2, -0.15) is 0 Å². The molecule has 1 atom stereocenters. The minimum Gasteiger partial charge on any atom is -0.377 e. The van der Waals surface area contributed by atoms with Gasteiger partial charge in [-0.15, -0.1) is 11.6 Å². The number of aliphatic hydroxyl groups is 1. The number of hydrogen-bond acceptors (Lipinski definition) is 4. The fourth-order valence-corrected chi connectivity index (χ4v) is 3.10. The fraction of sp³-hybridized carbons (Fsp3) is 0.200. The highest BCUT2D eigenvalue weighted by Gasteiger charge is 2.17. The van der Waals surface area contributed by atoms with Crippen LogP contribution in [0.2, 0.25) is 0 Å². The van der Waals surface area contributed by atoms with Crippen molar-refractivity contribution < 1.29 is 17.9 Å². The largest absolute Gasteiger partial charge is 0.377 e. The number of benzene rings is 1. The SMILES string of the molecule is O=S(=O)(NC1=C=C=C(CNC(O)CCl)C=C1)c1ccc(Br)c(F)c1. The van der Waals surface area contributed by atoms with Gasteiger partial charge in [-0.25, -0.2) is 12.8 Å². The minimum atomic E-state index is -3.93. The Morgan fingerprint density at radius 3 is 2.67 bits per heavy atom.